The van der Waals surface area contributed by atoms with E-state index >= 15 is 0 Å². The maximum atomic E-state index is 6.17. The fraction of sp³-hybridized carbons (Fsp3) is 0.300. The van der Waals surface area contributed by atoms with Gasteiger partial charge in [-0.2, -0.15) is 4.68 Å². The third-order valence-electron chi connectivity index (χ3n) is 2.33. The number of rotatable bonds is 3. The average molecular weight is 272 g/mol. The Balaban J connectivity index is 2.52. The van der Waals surface area contributed by atoms with Gasteiger partial charge >= 0.3 is 0 Å². The molecule has 0 atom stereocenters. The first kappa shape index (κ1) is 12.3. The third kappa shape index (κ3) is 2.41. The van der Waals surface area contributed by atoms with E-state index in [4.69, 9.17) is 23.2 Å². The molecule has 1 N–H and O–H groups in total. The summed E-state index contributed by atoms with van der Waals surface area (Å²) < 4.78 is 1.57. The molecule has 0 amide bonds. The molecular formula is C10H11Cl2N5. The molecule has 1 heterocycles. The highest BCUT2D eigenvalue weighted by atomic mass is 35.5. The van der Waals surface area contributed by atoms with Crippen LogP contribution in [0.2, 0.25) is 10.0 Å². The predicted octanol–water partition coefficient (Wildman–Crippen LogP) is 2.00. The maximum Gasteiger partial charge on any atom is 0.170 e. The summed E-state index contributed by atoms with van der Waals surface area (Å²) in [5, 5.41) is 15.6. The second kappa shape index (κ2) is 5.00. The number of hydrogen-bond acceptors (Lipinski definition) is 4. The largest absolute Gasteiger partial charge is 0.313 e. The second-order valence-corrected chi connectivity index (χ2v) is 4.40. The van der Waals surface area contributed by atoms with Gasteiger partial charge in [-0.15, -0.1) is 5.10 Å². The molecule has 90 valence electrons. The Morgan fingerprint density at radius 3 is 2.76 bits per heavy atom. The van der Waals surface area contributed by atoms with Crippen LogP contribution in [0.4, 0.5) is 0 Å². The van der Waals surface area contributed by atoms with E-state index in [0.717, 1.165) is 5.56 Å². The van der Waals surface area contributed by atoms with Crippen LogP contribution in [0.1, 0.15) is 11.4 Å². The Bertz CT molecular complexity index is 537. The fourth-order valence-corrected chi connectivity index (χ4v) is 1.92. The fourth-order valence-electron chi connectivity index (χ4n) is 1.46. The number of nitrogens with one attached hydrogen (secondary N) is 1. The lowest BCUT2D eigenvalue weighted by Crippen LogP contribution is -2.12. The van der Waals surface area contributed by atoms with E-state index in [0.29, 0.717) is 28.1 Å². The summed E-state index contributed by atoms with van der Waals surface area (Å²) in [6, 6.07) is 3.55. The van der Waals surface area contributed by atoms with Crippen LogP contribution < -0.4 is 5.32 Å². The number of tetrazole rings is 1. The zero-order valence-corrected chi connectivity index (χ0v) is 10.9. The molecule has 0 unspecified atom stereocenters. The molecule has 1 aromatic carbocycles. The van der Waals surface area contributed by atoms with Gasteiger partial charge in [-0.3, -0.25) is 0 Å². The molecule has 5 nitrogen and oxygen atoms in total. The van der Waals surface area contributed by atoms with Gasteiger partial charge in [-0.05, 0) is 42.1 Å². The monoisotopic (exact) mass is 271 g/mol. The predicted molar refractivity (Wildman–Crippen MR) is 66.7 cm³/mol. The molecule has 0 fully saturated rings. The Labute approximate surface area is 109 Å². The van der Waals surface area contributed by atoms with Crippen LogP contribution >= 0.6 is 23.2 Å². The molecule has 1 aromatic heterocycles. The minimum absolute atomic E-state index is 0.550. The molecule has 0 saturated heterocycles. The van der Waals surface area contributed by atoms with E-state index in [1.54, 1.807) is 16.8 Å². The molecule has 0 aliphatic carbocycles. The Morgan fingerprint density at radius 1 is 1.29 bits per heavy atom. The van der Waals surface area contributed by atoms with Crippen molar-refractivity contribution in [3.05, 3.63) is 33.6 Å². The topological polar surface area (TPSA) is 55.6 Å². The lowest BCUT2D eigenvalue weighted by atomic mass is 10.2. The van der Waals surface area contributed by atoms with Gasteiger partial charge in [0.1, 0.15) is 0 Å². The first-order valence-electron chi connectivity index (χ1n) is 5.01. The van der Waals surface area contributed by atoms with Gasteiger partial charge in [0.25, 0.3) is 0 Å². The maximum absolute atomic E-state index is 6.17. The van der Waals surface area contributed by atoms with Gasteiger partial charge in [0.2, 0.25) is 0 Å². The molecule has 17 heavy (non-hydrogen) atoms. The van der Waals surface area contributed by atoms with E-state index in [1.807, 2.05) is 14.0 Å². The number of hydrogen-bond donors (Lipinski definition) is 1. The van der Waals surface area contributed by atoms with Gasteiger partial charge in [0.15, 0.2) is 5.82 Å². The van der Waals surface area contributed by atoms with Crippen LogP contribution in [-0.2, 0) is 6.54 Å². The highest BCUT2D eigenvalue weighted by Gasteiger charge is 2.12. The van der Waals surface area contributed by atoms with Crippen LogP contribution in [0.3, 0.4) is 0 Å². The summed E-state index contributed by atoms with van der Waals surface area (Å²) in [5.41, 5.74) is 1.60. The van der Waals surface area contributed by atoms with Crippen LogP contribution in [0.5, 0.6) is 0 Å². The smallest absolute Gasteiger partial charge is 0.170 e. The first-order chi connectivity index (χ1) is 8.13. The quantitative estimate of drug-likeness (QED) is 0.928. The molecule has 0 aliphatic rings. The minimum atomic E-state index is 0.550. The Kier molecular flexibility index (Phi) is 3.61. The number of nitrogens with zero attached hydrogens (tertiary/aromatic N) is 4. The highest BCUT2D eigenvalue weighted by Crippen LogP contribution is 2.27. The van der Waals surface area contributed by atoms with Crippen molar-refractivity contribution in [2.24, 2.45) is 0 Å². The summed E-state index contributed by atoms with van der Waals surface area (Å²) in [6.45, 7) is 2.45. The van der Waals surface area contributed by atoms with Gasteiger partial charge < -0.3 is 5.32 Å². The normalized spacial score (nSPS) is 10.8. The number of aryl methyl sites for hydroxylation is 1. The highest BCUT2D eigenvalue weighted by molar-refractivity contribution is 6.35. The van der Waals surface area contributed by atoms with Crippen molar-refractivity contribution in [1.29, 1.82) is 0 Å². The van der Waals surface area contributed by atoms with E-state index < -0.39 is 0 Å². The molecule has 0 bridgehead atoms. The zero-order chi connectivity index (χ0) is 12.4. The van der Waals surface area contributed by atoms with Crippen molar-refractivity contribution in [2.45, 2.75) is 13.5 Å². The molecule has 0 aliphatic heterocycles. The van der Waals surface area contributed by atoms with E-state index in [2.05, 4.69) is 20.8 Å². The van der Waals surface area contributed by atoms with E-state index in [1.165, 1.54) is 0 Å². The number of halogens is 2. The third-order valence-corrected chi connectivity index (χ3v) is 3.04. The zero-order valence-electron chi connectivity index (χ0n) is 9.41. The number of aromatic nitrogens is 4. The van der Waals surface area contributed by atoms with Crippen LogP contribution in [0.15, 0.2) is 12.1 Å². The van der Waals surface area contributed by atoms with Crippen molar-refractivity contribution in [1.82, 2.24) is 25.5 Å². The van der Waals surface area contributed by atoms with Crippen molar-refractivity contribution in [3.63, 3.8) is 0 Å². The standard InChI is InChI=1S/C10H11Cl2N5/c1-6-3-8(12)9(4-7(6)11)17-10(5-13-2)14-15-16-17/h3-4,13H,5H2,1-2H3. The summed E-state index contributed by atoms with van der Waals surface area (Å²) in [6.07, 6.45) is 0. The van der Waals surface area contributed by atoms with Crippen LogP contribution in [0, 0.1) is 6.92 Å². The Morgan fingerprint density at radius 2 is 2.06 bits per heavy atom. The molecule has 2 rings (SSSR count). The lowest BCUT2D eigenvalue weighted by Gasteiger charge is -2.08. The molecular weight excluding hydrogens is 261 g/mol. The van der Waals surface area contributed by atoms with Crippen LogP contribution in [0.25, 0.3) is 5.69 Å². The molecule has 7 heteroatoms. The van der Waals surface area contributed by atoms with E-state index in [9.17, 15) is 0 Å². The summed E-state index contributed by atoms with van der Waals surface area (Å²) in [4.78, 5) is 0. The van der Waals surface area contributed by atoms with Gasteiger partial charge in [-0.25, -0.2) is 0 Å². The van der Waals surface area contributed by atoms with Crippen molar-refractivity contribution in [2.75, 3.05) is 7.05 Å². The van der Waals surface area contributed by atoms with E-state index in [-0.39, 0.29) is 0 Å². The van der Waals surface area contributed by atoms with Gasteiger partial charge in [0.05, 0.1) is 17.3 Å². The van der Waals surface area contributed by atoms with Gasteiger partial charge in [0, 0.05) is 5.02 Å². The first-order valence-corrected chi connectivity index (χ1v) is 5.77. The summed E-state index contributed by atoms with van der Waals surface area (Å²) >= 11 is 12.2. The minimum Gasteiger partial charge on any atom is -0.313 e. The van der Waals surface area contributed by atoms with Crippen molar-refractivity contribution < 1.29 is 0 Å². The average Bonchev–Trinajstić information content (AvgIpc) is 2.72. The molecule has 0 radical (unpaired) electrons. The second-order valence-electron chi connectivity index (χ2n) is 3.59. The summed E-state index contributed by atoms with van der Waals surface area (Å²) in [7, 11) is 1.82. The van der Waals surface area contributed by atoms with Crippen molar-refractivity contribution in [3.8, 4) is 5.69 Å². The van der Waals surface area contributed by atoms with Crippen molar-refractivity contribution >= 4 is 23.2 Å². The SMILES string of the molecule is CNCc1nnnn1-c1cc(Cl)c(C)cc1Cl. The molecule has 2 aromatic rings. The summed E-state index contributed by atoms with van der Waals surface area (Å²) in [5.74, 6) is 0.675. The lowest BCUT2D eigenvalue weighted by molar-refractivity contribution is 0.709. The van der Waals surface area contributed by atoms with Gasteiger partial charge in [-0.1, -0.05) is 23.2 Å². The van der Waals surface area contributed by atoms with Crippen LogP contribution in [-0.4, -0.2) is 27.3 Å². The number of benzene rings is 1. The molecule has 0 saturated carbocycles. The Hall–Kier alpha value is -1.17. The molecule has 0 spiro atoms.